The first kappa shape index (κ1) is 15.5. The second-order valence-corrected chi connectivity index (χ2v) is 8.04. The molecule has 4 heteroatoms. The third-order valence-electron chi connectivity index (χ3n) is 6.13. The first-order chi connectivity index (χ1) is 10.1. The molecule has 21 heavy (non-hydrogen) atoms. The van der Waals surface area contributed by atoms with Gasteiger partial charge in [0.1, 0.15) is 0 Å². The molecular formula is C17H30N2OS. The van der Waals surface area contributed by atoms with Gasteiger partial charge < -0.3 is 15.4 Å². The van der Waals surface area contributed by atoms with E-state index in [0.29, 0.717) is 18.1 Å². The van der Waals surface area contributed by atoms with Crippen LogP contribution < -0.4 is 10.6 Å². The van der Waals surface area contributed by atoms with E-state index in [4.69, 9.17) is 17.0 Å². The van der Waals surface area contributed by atoms with E-state index in [1.807, 2.05) is 0 Å². The summed E-state index contributed by atoms with van der Waals surface area (Å²) in [4.78, 5) is 0. The highest BCUT2D eigenvalue weighted by molar-refractivity contribution is 7.80. The molecule has 0 radical (unpaired) electrons. The van der Waals surface area contributed by atoms with Gasteiger partial charge >= 0.3 is 0 Å². The van der Waals surface area contributed by atoms with E-state index in [0.717, 1.165) is 29.4 Å². The van der Waals surface area contributed by atoms with E-state index in [-0.39, 0.29) is 0 Å². The van der Waals surface area contributed by atoms with Crippen LogP contribution in [0.15, 0.2) is 0 Å². The number of rotatable bonds is 6. The molecule has 4 aliphatic carbocycles. The van der Waals surface area contributed by atoms with Crippen LogP contribution in [0, 0.1) is 23.2 Å². The number of thiocarbonyl (C=S) groups is 1. The van der Waals surface area contributed by atoms with Gasteiger partial charge in [-0.05, 0) is 80.3 Å². The fraction of sp³-hybridized carbons (Fsp3) is 0.941. The third kappa shape index (κ3) is 3.21. The molecule has 4 bridgehead atoms. The Morgan fingerprint density at radius 3 is 2.24 bits per heavy atom. The Kier molecular flexibility index (Phi) is 4.75. The molecule has 4 aliphatic rings. The molecule has 2 N–H and O–H groups in total. The van der Waals surface area contributed by atoms with Gasteiger partial charge in [0, 0.05) is 19.7 Å². The lowest BCUT2D eigenvalue weighted by Crippen LogP contribution is -2.58. The quantitative estimate of drug-likeness (QED) is 0.583. The fourth-order valence-electron chi connectivity index (χ4n) is 5.77. The van der Waals surface area contributed by atoms with Crippen molar-refractivity contribution in [3.05, 3.63) is 0 Å². The fourth-order valence-corrected chi connectivity index (χ4v) is 6.01. The van der Waals surface area contributed by atoms with Gasteiger partial charge in [-0.1, -0.05) is 6.92 Å². The second kappa shape index (κ2) is 6.41. The predicted molar refractivity (Wildman–Crippen MR) is 90.3 cm³/mol. The predicted octanol–water partition coefficient (Wildman–Crippen LogP) is 3.09. The maximum atomic E-state index is 5.49. The van der Waals surface area contributed by atoms with Crippen molar-refractivity contribution >= 4 is 17.3 Å². The van der Waals surface area contributed by atoms with Crippen LogP contribution in [-0.2, 0) is 4.74 Å². The first-order valence-corrected chi connectivity index (χ1v) is 9.09. The summed E-state index contributed by atoms with van der Waals surface area (Å²) in [6.45, 7) is 3.81. The molecule has 1 unspecified atom stereocenters. The van der Waals surface area contributed by atoms with E-state index in [1.54, 1.807) is 7.11 Å². The van der Waals surface area contributed by atoms with E-state index in [1.165, 1.54) is 44.9 Å². The van der Waals surface area contributed by atoms with Gasteiger partial charge in [-0.2, -0.15) is 0 Å². The summed E-state index contributed by atoms with van der Waals surface area (Å²) in [7, 11) is 1.72. The molecule has 0 aromatic carbocycles. The molecule has 4 fully saturated rings. The summed E-state index contributed by atoms with van der Waals surface area (Å²) in [5.41, 5.74) is 0.524. The summed E-state index contributed by atoms with van der Waals surface area (Å²) in [5, 5.41) is 7.74. The lowest BCUT2D eigenvalue weighted by atomic mass is 9.47. The summed E-state index contributed by atoms with van der Waals surface area (Å²) < 4.78 is 5.07. The Balaban J connectivity index is 1.61. The van der Waals surface area contributed by atoms with E-state index < -0.39 is 0 Å². The number of ether oxygens (including phenoxy) is 1. The van der Waals surface area contributed by atoms with Gasteiger partial charge in [0.15, 0.2) is 5.11 Å². The lowest BCUT2D eigenvalue weighted by Gasteiger charge is -2.59. The Labute approximate surface area is 134 Å². The Morgan fingerprint density at radius 2 is 1.76 bits per heavy atom. The monoisotopic (exact) mass is 310 g/mol. The Hall–Kier alpha value is -0.350. The van der Waals surface area contributed by atoms with Crippen molar-refractivity contribution in [3.63, 3.8) is 0 Å². The van der Waals surface area contributed by atoms with Gasteiger partial charge in [-0.3, -0.25) is 0 Å². The summed E-state index contributed by atoms with van der Waals surface area (Å²) in [6, 6.07) is 0.549. The first-order valence-electron chi connectivity index (χ1n) is 8.68. The third-order valence-corrected chi connectivity index (χ3v) is 6.39. The largest absolute Gasteiger partial charge is 0.383 e. The maximum Gasteiger partial charge on any atom is 0.166 e. The molecule has 0 aliphatic heterocycles. The van der Waals surface area contributed by atoms with Crippen LogP contribution in [0.5, 0.6) is 0 Å². The maximum absolute atomic E-state index is 5.49. The average molecular weight is 311 g/mol. The van der Waals surface area contributed by atoms with Crippen LogP contribution in [-0.4, -0.2) is 31.4 Å². The van der Waals surface area contributed by atoms with Gasteiger partial charge in [-0.25, -0.2) is 0 Å². The minimum Gasteiger partial charge on any atom is -0.383 e. The van der Waals surface area contributed by atoms with Crippen molar-refractivity contribution < 1.29 is 4.74 Å². The van der Waals surface area contributed by atoms with E-state index in [2.05, 4.69) is 17.6 Å². The minimum atomic E-state index is 0.524. The summed E-state index contributed by atoms with van der Waals surface area (Å²) in [5.74, 6) is 3.01. The van der Waals surface area contributed by atoms with Crippen LogP contribution >= 0.6 is 12.2 Å². The molecule has 0 saturated heterocycles. The normalized spacial score (nSPS) is 38.3. The van der Waals surface area contributed by atoms with Crippen LogP contribution in [0.1, 0.15) is 51.9 Å². The SMILES string of the molecule is CCC(NC(=S)NCCOC)C12CC3CC(CC(C3)C1)C2. The second-order valence-electron chi connectivity index (χ2n) is 7.63. The minimum absolute atomic E-state index is 0.524. The van der Waals surface area contributed by atoms with Crippen molar-refractivity contribution in [1.82, 2.24) is 10.6 Å². The van der Waals surface area contributed by atoms with E-state index in [9.17, 15) is 0 Å². The van der Waals surface area contributed by atoms with Crippen molar-refractivity contribution in [1.29, 1.82) is 0 Å². The van der Waals surface area contributed by atoms with Gasteiger partial charge in [-0.15, -0.1) is 0 Å². The molecule has 3 nitrogen and oxygen atoms in total. The Bertz CT molecular complexity index is 350. The van der Waals surface area contributed by atoms with E-state index >= 15 is 0 Å². The molecule has 120 valence electrons. The topological polar surface area (TPSA) is 33.3 Å². The summed E-state index contributed by atoms with van der Waals surface area (Å²) in [6.07, 6.45) is 10.0. The highest BCUT2D eigenvalue weighted by atomic mass is 32.1. The standard InChI is InChI=1S/C17H30N2OS/c1-3-15(19-16(21)18-4-5-20-2)17-9-12-6-13(10-17)8-14(7-12)11-17/h12-15H,3-11H2,1-2H3,(H2,18,19,21). The lowest BCUT2D eigenvalue weighted by molar-refractivity contribution is -0.0711. The molecular weight excluding hydrogens is 280 g/mol. The number of methoxy groups -OCH3 is 1. The van der Waals surface area contributed by atoms with Gasteiger partial charge in [0.25, 0.3) is 0 Å². The molecule has 0 aromatic rings. The zero-order valence-corrected chi connectivity index (χ0v) is 14.3. The van der Waals surface area contributed by atoms with Gasteiger partial charge in [0.2, 0.25) is 0 Å². The van der Waals surface area contributed by atoms with Gasteiger partial charge in [0.05, 0.1) is 6.61 Å². The number of hydrogen-bond donors (Lipinski definition) is 2. The number of nitrogens with one attached hydrogen (secondary N) is 2. The number of hydrogen-bond acceptors (Lipinski definition) is 2. The highest BCUT2D eigenvalue weighted by Crippen LogP contribution is 2.61. The van der Waals surface area contributed by atoms with Crippen molar-refractivity contribution in [2.24, 2.45) is 23.2 Å². The van der Waals surface area contributed by atoms with Crippen molar-refractivity contribution in [2.75, 3.05) is 20.3 Å². The molecule has 0 aromatic heterocycles. The van der Waals surface area contributed by atoms with Crippen LogP contribution in [0.4, 0.5) is 0 Å². The van der Waals surface area contributed by atoms with Crippen LogP contribution in [0.3, 0.4) is 0 Å². The molecule has 4 saturated carbocycles. The molecule has 4 rings (SSSR count). The average Bonchev–Trinajstić information content (AvgIpc) is 2.43. The summed E-state index contributed by atoms with van der Waals surface area (Å²) >= 11 is 5.49. The zero-order valence-electron chi connectivity index (χ0n) is 13.5. The van der Waals surface area contributed by atoms with Crippen molar-refractivity contribution in [3.8, 4) is 0 Å². The van der Waals surface area contributed by atoms with Crippen LogP contribution in [0.25, 0.3) is 0 Å². The molecule has 0 heterocycles. The Morgan fingerprint density at radius 1 is 1.19 bits per heavy atom. The molecule has 1 atom stereocenters. The smallest absolute Gasteiger partial charge is 0.166 e. The zero-order chi connectivity index (χ0) is 14.9. The van der Waals surface area contributed by atoms with Crippen molar-refractivity contribution in [2.45, 2.75) is 57.9 Å². The molecule has 0 amide bonds. The highest BCUT2D eigenvalue weighted by Gasteiger charge is 2.53. The van der Waals surface area contributed by atoms with Crippen LogP contribution in [0.2, 0.25) is 0 Å². The molecule has 0 spiro atoms.